The van der Waals surface area contributed by atoms with Crippen LogP contribution in [0.1, 0.15) is 27.8 Å². The van der Waals surface area contributed by atoms with Crippen LogP contribution in [0.25, 0.3) is 5.69 Å². The third kappa shape index (κ3) is 4.54. The van der Waals surface area contributed by atoms with Gasteiger partial charge in [0.05, 0.1) is 11.8 Å². The lowest BCUT2D eigenvalue weighted by Gasteiger charge is -2.16. The Balaban J connectivity index is 1.63. The van der Waals surface area contributed by atoms with Gasteiger partial charge in [-0.05, 0) is 73.4 Å². The Labute approximate surface area is 169 Å². The molecule has 0 unspecified atom stereocenters. The van der Waals surface area contributed by atoms with Gasteiger partial charge in [0.1, 0.15) is 12.4 Å². The van der Waals surface area contributed by atoms with Crippen molar-refractivity contribution in [1.29, 1.82) is 0 Å². The molecule has 0 saturated carbocycles. The van der Waals surface area contributed by atoms with Crippen molar-refractivity contribution in [2.24, 2.45) is 0 Å². The third-order valence-electron chi connectivity index (χ3n) is 4.72. The third-order valence-corrected chi connectivity index (χ3v) is 5.78. The molecular weight excluding hydrogens is 372 g/mol. The maximum absolute atomic E-state index is 10.4. The first-order valence-electron chi connectivity index (χ1n) is 9.23. The monoisotopic (exact) mass is 398 g/mol. The van der Waals surface area contributed by atoms with Gasteiger partial charge in [0.2, 0.25) is 5.16 Å². The fraction of sp³-hybridized carbons (Fsp3) is 0.381. The summed E-state index contributed by atoms with van der Waals surface area (Å²) in [7, 11) is 0. The van der Waals surface area contributed by atoms with Gasteiger partial charge in [0, 0.05) is 5.75 Å². The Morgan fingerprint density at radius 2 is 1.79 bits per heavy atom. The molecule has 2 aromatic carbocycles. The number of ether oxygens (including phenoxy) is 1. The van der Waals surface area contributed by atoms with E-state index in [2.05, 4.69) is 41.5 Å². The molecule has 0 saturated heterocycles. The molecule has 148 valence electrons. The second kappa shape index (κ2) is 8.75. The van der Waals surface area contributed by atoms with E-state index in [1.807, 2.05) is 39.0 Å². The van der Waals surface area contributed by atoms with Crippen LogP contribution in [0.15, 0.2) is 35.5 Å². The average Bonchev–Trinajstić information content (AvgIpc) is 3.11. The lowest BCUT2D eigenvalue weighted by Crippen LogP contribution is -2.21. The summed E-state index contributed by atoms with van der Waals surface area (Å²) in [6, 6.07) is 10.3. The summed E-state index contributed by atoms with van der Waals surface area (Å²) in [6.07, 6.45) is -0.631. The van der Waals surface area contributed by atoms with Gasteiger partial charge in [-0.3, -0.25) is 0 Å². The minimum absolute atomic E-state index is 0.225. The molecule has 7 heteroatoms. The van der Waals surface area contributed by atoms with Gasteiger partial charge in [0.25, 0.3) is 0 Å². The molecule has 0 radical (unpaired) electrons. The Kier molecular flexibility index (Phi) is 6.36. The van der Waals surface area contributed by atoms with Crippen LogP contribution in [0, 0.1) is 34.6 Å². The Hall–Kier alpha value is -2.38. The lowest BCUT2D eigenvalue weighted by atomic mass is 10.1. The summed E-state index contributed by atoms with van der Waals surface area (Å²) >= 11 is 1.41. The second-order valence-corrected chi connectivity index (χ2v) is 8.08. The zero-order valence-corrected chi connectivity index (χ0v) is 17.7. The van der Waals surface area contributed by atoms with Crippen LogP contribution >= 0.6 is 11.8 Å². The number of nitrogens with zero attached hydrogens (tertiary/aromatic N) is 4. The maximum atomic E-state index is 10.4. The van der Waals surface area contributed by atoms with Crippen molar-refractivity contribution in [3.63, 3.8) is 0 Å². The van der Waals surface area contributed by atoms with Crippen LogP contribution in [0.2, 0.25) is 0 Å². The van der Waals surface area contributed by atoms with Gasteiger partial charge in [-0.15, -0.1) is 5.10 Å². The van der Waals surface area contributed by atoms with Crippen molar-refractivity contribution < 1.29 is 9.84 Å². The molecule has 0 spiro atoms. The number of tetrazole rings is 1. The highest BCUT2D eigenvalue weighted by atomic mass is 32.2. The van der Waals surface area contributed by atoms with Crippen LogP contribution in [0.4, 0.5) is 0 Å². The van der Waals surface area contributed by atoms with Crippen molar-refractivity contribution in [3.05, 3.63) is 58.1 Å². The molecule has 1 N–H and O–H groups in total. The number of benzene rings is 2. The van der Waals surface area contributed by atoms with Crippen LogP contribution in [0.3, 0.4) is 0 Å². The molecule has 1 aromatic heterocycles. The van der Waals surface area contributed by atoms with E-state index in [4.69, 9.17) is 4.74 Å². The van der Waals surface area contributed by atoms with Crippen LogP contribution in [0.5, 0.6) is 5.75 Å². The van der Waals surface area contributed by atoms with Gasteiger partial charge in [-0.1, -0.05) is 41.6 Å². The van der Waals surface area contributed by atoms with Gasteiger partial charge < -0.3 is 9.84 Å². The number of aryl methyl sites for hydroxylation is 4. The molecular formula is C21H26N4O2S. The topological polar surface area (TPSA) is 73.1 Å². The molecule has 0 bridgehead atoms. The van der Waals surface area contributed by atoms with Gasteiger partial charge in [-0.25, -0.2) is 0 Å². The van der Waals surface area contributed by atoms with Crippen molar-refractivity contribution in [3.8, 4) is 11.4 Å². The van der Waals surface area contributed by atoms with Crippen LogP contribution in [-0.4, -0.2) is 43.8 Å². The van der Waals surface area contributed by atoms with E-state index in [0.717, 1.165) is 28.1 Å². The van der Waals surface area contributed by atoms with E-state index in [0.29, 0.717) is 10.9 Å². The minimum atomic E-state index is -0.631. The highest BCUT2D eigenvalue weighted by Gasteiger charge is 2.15. The van der Waals surface area contributed by atoms with E-state index in [1.165, 1.54) is 22.9 Å². The number of hydrogen-bond donors (Lipinski definition) is 1. The van der Waals surface area contributed by atoms with E-state index in [9.17, 15) is 5.11 Å². The fourth-order valence-electron chi connectivity index (χ4n) is 3.01. The van der Waals surface area contributed by atoms with Crippen molar-refractivity contribution in [2.45, 2.75) is 45.9 Å². The molecule has 1 atom stereocenters. The predicted octanol–water partition coefficient (Wildman–Crippen LogP) is 3.74. The standard InChI is InChI=1S/C21H26N4O2S/c1-13-6-9-19(16(4)10-13)25-21(22-23-24-25)28-12-18(26)11-27-20-15(3)8-7-14(2)17(20)5/h6-10,18,26H,11-12H2,1-5H3/t18-/m0/s1. The SMILES string of the molecule is Cc1ccc(-n2nnnc2SC[C@@H](O)COc2c(C)ccc(C)c2C)c(C)c1. The molecule has 0 amide bonds. The van der Waals surface area contributed by atoms with E-state index in [-0.39, 0.29) is 6.61 Å². The summed E-state index contributed by atoms with van der Waals surface area (Å²) in [6.45, 7) is 10.4. The first-order chi connectivity index (χ1) is 13.4. The van der Waals surface area contributed by atoms with Crippen LogP contribution in [-0.2, 0) is 0 Å². The molecule has 28 heavy (non-hydrogen) atoms. The summed E-state index contributed by atoms with van der Waals surface area (Å²) in [5, 5.41) is 23.0. The molecule has 6 nitrogen and oxygen atoms in total. The Morgan fingerprint density at radius 3 is 2.54 bits per heavy atom. The molecule has 0 aliphatic heterocycles. The summed E-state index contributed by atoms with van der Waals surface area (Å²) in [4.78, 5) is 0. The fourth-order valence-corrected chi connectivity index (χ4v) is 3.80. The van der Waals surface area contributed by atoms with Gasteiger partial charge in [-0.2, -0.15) is 4.68 Å². The molecule has 3 aromatic rings. The first-order valence-corrected chi connectivity index (χ1v) is 10.2. The number of aromatic nitrogens is 4. The highest BCUT2D eigenvalue weighted by molar-refractivity contribution is 7.99. The Morgan fingerprint density at radius 1 is 1.04 bits per heavy atom. The number of rotatable bonds is 7. The quantitative estimate of drug-likeness (QED) is 0.611. The van der Waals surface area contributed by atoms with Crippen LogP contribution < -0.4 is 4.74 Å². The van der Waals surface area contributed by atoms with Crippen molar-refractivity contribution in [2.75, 3.05) is 12.4 Å². The smallest absolute Gasteiger partial charge is 0.214 e. The maximum Gasteiger partial charge on any atom is 0.214 e. The van der Waals surface area contributed by atoms with Gasteiger partial charge >= 0.3 is 0 Å². The number of thioether (sulfide) groups is 1. The van der Waals surface area contributed by atoms with Gasteiger partial charge in [0.15, 0.2) is 0 Å². The molecule has 1 heterocycles. The zero-order chi connectivity index (χ0) is 20.3. The number of aliphatic hydroxyl groups is 1. The molecule has 0 aliphatic rings. The largest absolute Gasteiger partial charge is 0.490 e. The number of hydrogen-bond acceptors (Lipinski definition) is 6. The number of aliphatic hydroxyl groups excluding tert-OH is 1. The molecule has 0 aliphatic carbocycles. The summed E-state index contributed by atoms with van der Waals surface area (Å²) in [5.74, 6) is 1.29. The highest BCUT2D eigenvalue weighted by Crippen LogP contribution is 2.26. The van der Waals surface area contributed by atoms with Crippen molar-refractivity contribution in [1.82, 2.24) is 20.2 Å². The predicted molar refractivity (Wildman–Crippen MR) is 112 cm³/mol. The lowest BCUT2D eigenvalue weighted by molar-refractivity contribution is 0.125. The van der Waals surface area contributed by atoms with E-state index >= 15 is 0 Å². The molecule has 3 rings (SSSR count). The molecule has 0 fully saturated rings. The minimum Gasteiger partial charge on any atom is -0.490 e. The first kappa shape index (κ1) is 20.4. The normalized spacial score (nSPS) is 12.2. The van der Waals surface area contributed by atoms with E-state index in [1.54, 1.807) is 4.68 Å². The second-order valence-electron chi connectivity index (χ2n) is 7.09. The Bertz CT molecular complexity index is 971. The van der Waals surface area contributed by atoms with Crippen molar-refractivity contribution >= 4 is 11.8 Å². The van der Waals surface area contributed by atoms with E-state index < -0.39 is 6.10 Å². The zero-order valence-electron chi connectivity index (χ0n) is 16.9. The average molecular weight is 399 g/mol. The summed E-state index contributed by atoms with van der Waals surface area (Å²) < 4.78 is 7.62. The summed E-state index contributed by atoms with van der Waals surface area (Å²) in [5.41, 5.74) is 6.59.